The lowest BCUT2D eigenvalue weighted by Gasteiger charge is -2.07. The molecule has 0 bridgehead atoms. The van der Waals surface area contributed by atoms with Gasteiger partial charge in [-0.3, -0.25) is 4.79 Å². The van der Waals surface area contributed by atoms with Crippen molar-refractivity contribution in [2.45, 2.75) is 19.2 Å². The summed E-state index contributed by atoms with van der Waals surface area (Å²) in [7, 11) is 0. The first-order valence-electron chi connectivity index (χ1n) is 9.28. The van der Waals surface area contributed by atoms with Gasteiger partial charge in [0.05, 0.1) is 5.75 Å². The van der Waals surface area contributed by atoms with Crippen molar-refractivity contribution in [3.05, 3.63) is 76.8 Å². The molecule has 4 rings (SSSR count). The van der Waals surface area contributed by atoms with Crippen LogP contribution in [0.3, 0.4) is 0 Å². The summed E-state index contributed by atoms with van der Waals surface area (Å²) in [5.74, 6) is 1.29. The molecule has 1 aromatic heterocycles. The molecular formula is C23H21BrN2OS. The van der Waals surface area contributed by atoms with Crippen LogP contribution in [0, 0.1) is 0 Å². The van der Waals surface area contributed by atoms with Crippen molar-refractivity contribution in [2.75, 3.05) is 11.1 Å². The van der Waals surface area contributed by atoms with Gasteiger partial charge < -0.3 is 9.88 Å². The van der Waals surface area contributed by atoms with E-state index in [1.807, 2.05) is 18.2 Å². The minimum absolute atomic E-state index is 0.0284. The fourth-order valence-electron chi connectivity index (χ4n) is 3.51. The van der Waals surface area contributed by atoms with Crippen LogP contribution in [0.25, 0.3) is 21.8 Å². The first kappa shape index (κ1) is 19.1. The fourth-order valence-corrected chi connectivity index (χ4v) is 4.56. The van der Waals surface area contributed by atoms with Gasteiger partial charge in [-0.25, -0.2) is 0 Å². The first-order chi connectivity index (χ1) is 13.7. The second-order valence-corrected chi connectivity index (χ2v) is 8.56. The minimum Gasteiger partial charge on any atom is -0.341 e. The third-order valence-electron chi connectivity index (χ3n) is 4.79. The Morgan fingerprint density at radius 1 is 1.00 bits per heavy atom. The van der Waals surface area contributed by atoms with E-state index in [0.29, 0.717) is 5.75 Å². The Hall–Kier alpha value is -2.24. The third-order valence-corrected chi connectivity index (χ3v) is 6.32. The third kappa shape index (κ3) is 3.96. The zero-order valence-corrected chi connectivity index (χ0v) is 18.0. The van der Waals surface area contributed by atoms with Gasteiger partial charge in [-0.1, -0.05) is 46.3 Å². The number of carbonyl (C=O) groups excluding carboxylic acids is 1. The van der Waals surface area contributed by atoms with Crippen molar-refractivity contribution < 1.29 is 4.79 Å². The van der Waals surface area contributed by atoms with Crippen LogP contribution in [0.1, 0.15) is 12.5 Å². The summed E-state index contributed by atoms with van der Waals surface area (Å²) in [5, 5.41) is 5.45. The number of thioether (sulfide) groups is 1. The second-order valence-electron chi connectivity index (χ2n) is 6.66. The Balaban J connectivity index is 1.46. The molecule has 0 aliphatic carbocycles. The fraction of sp³-hybridized carbons (Fsp3) is 0.174. The van der Waals surface area contributed by atoms with E-state index in [9.17, 15) is 4.79 Å². The Bertz CT molecular complexity index is 1130. The summed E-state index contributed by atoms with van der Waals surface area (Å²) < 4.78 is 3.38. The van der Waals surface area contributed by atoms with Gasteiger partial charge >= 0.3 is 0 Å². The molecule has 0 radical (unpaired) electrons. The highest BCUT2D eigenvalue weighted by molar-refractivity contribution is 9.10. The molecule has 1 N–H and O–H groups in total. The zero-order chi connectivity index (χ0) is 19.5. The van der Waals surface area contributed by atoms with Crippen molar-refractivity contribution in [1.82, 2.24) is 4.57 Å². The molecule has 0 atom stereocenters. The maximum absolute atomic E-state index is 12.4. The predicted octanol–water partition coefficient (Wildman–Crippen LogP) is 6.45. The summed E-state index contributed by atoms with van der Waals surface area (Å²) in [4.78, 5) is 12.4. The number of hydrogen-bond donors (Lipinski definition) is 1. The molecule has 1 amide bonds. The van der Waals surface area contributed by atoms with Crippen molar-refractivity contribution in [3.8, 4) is 0 Å². The molecule has 0 fully saturated rings. The van der Waals surface area contributed by atoms with Gasteiger partial charge in [0.1, 0.15) is 0 Å². The molecule has 0 aliphatic rings. The zero-order valence-electron chi connectivity index (χ0n) is 15.6. The van der Waals surface area contributed by atoms with E-state index in [1.165, 1.54) is 27.4 Å². The normalized spacial score (nSPS) is 11.2. The van der Waals surface area contributed by atoms with Gasteiger partial charge in [0.25, 0.3) is 0 Å². The molecule has 28 heavy (non-hydrogen) atoms. The lowest BCUT2D eigenvalue weighted by Crippen LogP contribution is -2.14. The van der Waals surface area contributed by atoms with Crippen LogP contribution >= 0.6 is 27.7 Å². The molecule has 0 unspecified atom stereocenters. The standard InChI is InChI=1S/C23H21BrN2OS/c1-2-26-21-6-4-3-5-19(21)20-13-18(11-12-22(20)26)25-23(27)15-28-14-16-7-9-17(24)10-8-16/h3-13H,2,14-15H2,1H3,(H,25,27). The highest BCUT2D eigenvalue weighted by Gasteiger charge is 2.11. The van der Waals surface area contributed by atoms with Gasteiger partial charge in [0.15, 0.2) is 0 Å². The Morgan fingerprint density at radius 2 is 1.75 bits per heavy atom. The molecule has 4 aromatic rings. The number of anilines is 1. The highest BCUT2D eigenvalue weighted by atomic mass is 79.9. The van der Waals surface area contributed by atoms with Gasteiger partial charge in [0, 0.05) is 44.3 Å². The molecule has 142 valence electrons. The molecule has 0 spiro atoms. The number of rotatable bonds is 6. The van der Waals surface area contributed by atoms with Gasteiger partial charge in [-0.05, 0) is 48.9 Å². The van der Waals surface area contributed by atoms with Gasteiger partial charge in [-0.2, -0.15) is 0 Å². The molecule has 3 aromatic carbocycles. The quantitative estimate of drug-likeness (QED) is 0.364. The largest absolute Gasteiger partial charge is 0.341 e. The summed E-state index contributed by atoms with van der Waals surface area (Å²) in [6.45, 7) is 3.08. The number of benzene rings is 3. The summed E-state index contributed by atoms with van der Waals surface area (Å²) in [6.07, 6.45) is 0. The Labute approximate surface area is 177 Å². The summed E-state index contributed by atoms with van der Waals surface area (Å²) >= 11 is 5.06. The number of fused-ring (bicyclic) bond motifs is 3. The lowest BCUT2D eigenvalue weighted by atomic mass is 10.1. The number of carbonyl (C=O) groups is 1. The Kier molecular flexibility index (Phi) is 5.74. The van der Waals surface area contributed by atoms with Crippen LogP contribution in [-0.2, 0) is 17.1 Å². The molecular weight excluding hydrogens is 432 g/mol. The topological polar surface area (TPSA) is 34.0 Å². The van der Waals surface area contributed by atoms with Crippen molar-refractivity contribution >= 4 is 61.1 Å². The number of para-hydroxylation sites is 1. The number of nitrogens with one attached hydrogen (secondary N) is 1. The number of halogens is 1. The molecule has 5 heteroatoms. The minimum atomic E-state index is 0.0284. The maximum atomic E-state index is 12.4. The van der Waals surface area contributed by atoms with E-state index in [1.54, 1.807) is 11.8 Å². The smallest absolute Gasteiger partial charge is 0.234 e. The monoisotopic (exact) mass is 452 g/mol. The molecule has 0 saturated heterocycles. The van der Waals surface area contributed by atoms with E-state index < -0.39 is 0 Å². The number of nitrogens with zero attached hydrogens (tertiary/aromatic N) is 1. The predicted molar refractivity (Wildman–Crippen MR) is 124 cm³/mol. The second kappa shape index (κ2) is 8.41. The summed E-state index contributed by atoms with van der Waals surface area (Å²) in [6, 6.07) is 22.8. The van der Waals surface area contributed by atoms with E-state index >= 15 is 0 Å². The van der Waals surface area contributed by atoms with Crippen LogP contribution in [0.15, 0.2) is 71.2 Å². The average Bonchev–Trinajstić information content (AvgIpc) is 3.02. The van der Waals surface area contributed by atoms with Crippen LogP contribution in [-0.4, -0.2) is 16.2 Å². The SMILES string of the molecule is CCn1c2ccccc2c2cc(NC(=O)CSCc3ccc(Br)cc3)ccc21. The van der Waals surface area contributed by atoms with Crippen molar-refractivity contribution in [3.63, 3.8) is 0 Å². The number of aromatic nitrogens is 1. The van der Waals surface area contributed by atoms with E-state index in [2.05, 4.69) is 81.3 Å². The number of amides is 1. The van der Waals surface area contributed by atoms with Gasteiger partial charge in [0.2, 0.25) is 5.91 Å². The number of hydrogen-bond acceptors (Lipinski definition) is 2. The summed E-state index contributed by atoms with van der Waals surface area (Å²) in [5.41, 5.74) is 4.50. The molecule has 3 nitrogen and oxygen atoms in total. The van der Waals surface area contributed by atoms with Crippen LogP contribution in [0.5, 0.6) is 0 Å². The lowest BCUT2D eigenvalue weighted by molar-refractivity contribution is -0.113. The Morgan fingerprint density at radius 3 is 2.54 bits per heavy atom. The van der Waals surface area contributed by atoms with E-state index in [-0.39, 0.29) is 5.91 Å². The molecule has 0 aliphatic heterocycles. The molecule has 1 heterocycles. The van der Waals surface area contributed by atoms with Crippen molar-refractivity contribution in [1.29, 1.82) is 0 Å². The van der Waals surface area contributed by atoms with Gasteiger partial charge in [-0.15, -0.1) is 11.8 Å². The van der Waals surface area contributed by atoms with Crippen LogP contribution in [0.2, 0.25) is 0 Å². The average molecular weight is 453 g/mol. The number of aryl methyl sites for hydroxylation is 1. The van der Waals surface area contributed by atoms with Crippen LogP contribution < -0.4 is 5.32 Å². The van der Waals surface area contributed by atoms with E-state index in [0.717, 1.165) is 22.5 Å². The first-order valence-corrected chi connectivity index (χ1v) is 11.2. The van der Waals surface area contributed by atoms with E-state index in [4.69, 9.17) is 0 Å². The maximum Gasteiger partial charge on any atom is 0.234 e. The van der Waals surface area contributed by atoms with Crippen LogP contribution in [0.4, 0.5) is 5.69 Å². The molecule has 0 saturated carbocycles. The highest BCUT2D eigenvalue weighted by Crippen LogP contribution is 2.31. The van der Waals surface area contributed by atoms with Crippen molar-refractivity contribution in [2.24, 2.45) is 0 Å².